The Balaban J connectivity index is 1.68. The zero-order valence-corrected chi connectivity index (χ0v) is 15.4. The number of carbonyl (C=O) groups is 3. The zero-order chi connectivity index (χ0) is 19.2. The SMILES string of the molecule is COC(=O)[C@@H]1CC[C@@H]2C/C=C\CN(C(=O)OCc3ccccc3)CC(=O)N21. The molecule has 27 heavy (non-hydrogen) atoms. The number of rotatable bonds is 3. The number of esters is 1. The number of methoxy groups -OCH3 is 1. The molecule has 0 unspecified atom stereocenters. The van der Waals surface area contributed by atoms with Crippen molar-refractivity contribution in [3.63, 3.8) is 0 Å². The van der Waals surface area contributed by atoms with Gasteiger partial charge in [0.05, 0.1) is 7.11 Å². The van der Waals surface area contributed by atoms with Crippen LogP contribution in [0.15, 0.2) is 42.5 Å². The zero-order valence-electron chi connectivity index (χ0n) is 15.4. The Labute approximate surface area is 158 Å². The van der Waals surface area contributed by atoms with Crippen LogP contribution < -0.4 is 0 Å². The molecular weight excluding hydrogens is 348 g/mol. The first kappa shape index (κ1) is 18.9. The van der Waals surface area contributed by atoms with Crippen LogP contribution in [0.4, 0.5) is 4.79 Å². The highest BCUT2D eigenvalue weighted by atomic mass is 16.6. The number of hydrogen-bond donors (Lipinski definition) is 0. The number of nitrogens with zero attached hydrogens (tertiary/aromatic N) is 2. The lowest BCUT2D eigenvalue weighted by Crippen LogP contribution is -2.49. The van der Waals surface area contributed by atoms with E-state index in [1.807, 2.05) is 42.5 Å². The van der Waals surface area contributed by atoms with Gasteiger partial charge < -0.3 is 14.4 Å². The third kappa shape index (κ3) is 4.48. The van der Waals surface area contributed by atoms with E-state index in [1.165, 1.54) is 12.0 Å². The minimum atomic E-state index is -0.582. The molecule has 0 aliphatic carbocycles. The summed E-state index contributed by atoms with van der Waals surface area (Å²) in [6.45, 7) is 0.315. The van der Waals surface area contributed by atoms with Gasteiger partial charge in [0.1, 0.15) is 19.2 Å². The highest BCUT2D eigenvalue weighted by molar-refractivity contribution is 5.88. The average Bonchev–Trinajstić information content (AvgIpc) is 3.14. The molecule has 2 atom stereocenters. The van der Waals surface area contributed by atoms with Crippen LogP contribution in [-0.4, -0.2) is 60.1 Å². The maximum atomic E-state index is 12.9. The van der Waals surface area contributed by atoms with Gasteiger partial charge in [0.25, 0.3) is 0 Å². The van der Waals surface area contributed by atoms with Crippen molar-refractivity contribution in [2.24, 2.45) is 0 Å². The largest absolute Gasteiger partial charge is 0.467 e. The lowest BCUT2D eigenvalue weighted by atomic mass is 10.1. The molecule has 1 aromatic carbocycles. The summed E-state index contributed by atoms with van der Waals surface area (Å²) in [6, 6.07) is 8.74. The maximum absolute atomic E-state index is 12.9. The summed E-state index contributed by atoms with van der Waals surface area (Å²) in [5, 5.41) is 0. The molecule has 1 aromatic rings. The Morgan fingerprint density at radius 3 is 2.67 bits per heavy atom. The summed E-state index contributed by atoms with van der Waals surface area (Å²) in [5.41, 5.74) is 0.877. The molecule has 2 amide bonds. The smallest absolute Gasteiger partial charge is 0.410 e. The first-order valence-electron chi connectivity index (χ1n) is 9.09. The van der Waals surface area contributed by atoms with Crippen molar-refractivity contribution in [1.82, 2.24) is 9.80 Å². The molecule has 3 rings (SSSR count). The van der Waals surface area contributed by atoms with E-state index < -0.39 is 18.1 Å². The summed E-state index contributed by atoms with van der Waals surface area (Å²) in [5.74, 6) is -0.666. The van der Waals surface area contributed by atoms with Crippen molar-refractivity contribution in [2.75, 3.05) is 20.2 Å². The molecule has 2 aliphatic rings. The second-order valence-electron chi connectivity index (χ2n) is 6.70. The van der Waals surface area contributed by atoms with Crippen LogP contribution in [-0.2, 0) is 25.7 Å². The van der Waals surface area contributed by atoms with Gasteiger partial charge in [-0.25, -0.2) is 9.59 Å². The lowest BCUT2D eigenvalue weighted by molar-refractivity contribution is -0.152. The fourth-order valence-corrected chi connectivity index (χ4v) is 3.57. The molecule has 0 aromatic heterocycles. The standard InChI is InChI=1S/C20H24N2O5/c1-26-19(24)17-11-10-16-9-5-6-12-21(13-18(23)22(16)17)20(25)27-14-15-7-3-2-4-8-15/h2-8,16-17H,9-14H2,1H3/b6-5-/t16-,17-/m0/s1. The summed E-state index contributed by atoms with van der Waals surface area (Å²) in [4.78, 5) is 40.3. The van der Waals surface area contributed by atoms with E-state index in [2.05, 4.69) is 0 Å². The van der Waals surface area contributed by atoms with Crippen LogP contribution in [0.25, 0.3) is 0 Å². The van der Waals surface area contributed by atoms with E-state index in [0.717, 1.165) is 12.0 Å². The van der Waals surface area contributed by atoms with Crippen molar-refractivity contribution in [2.45, 2.75) is 38.0 Å². The average molecular weight is 372 g/mol. The van der Waals surface area contributed by atoms with E-state index in [4.69, 9.17) is 9.47 Å². The molecule has 7 heteroatoms. The molecule has 0 spiro atoms. The van der Waals surface area contributed by atoms with E-state index >= 15 is 0 Å². The molecule has 1 fully saturated rings. The molecule has 7 nitrogen and oxygen atoms in total. The van der Waals surface area contributed by atoms with Crippen LogP contribution in [0, 0.1) is 0 Å². The Bertz CT molecular complexity index is 718. The maximum Gasteiger partial charge on any atom is 0.410 e. The molecule has 0 radical (unpaired) electrons. The van der Waals surface area contributed by atoms with Crippen molar-refractivity contribution in [3.8, 4) is 0 Å². The Morgan fingerprint density at radius 2 is 1.93 bits per heavy atom. The summed E-state index contributed by atoms with van der Waals surface area (Å²) < 4.78 is 10.2. The topological polar surface area (TPSA) is 76.1 Å². The number of fused-ring (bicyclic) bond motifs is 1. The van der Waals surface area contributed by atoms with E-state index in [0.29, 0.717) is 19.4 Å². The Morgan fingerprint density at radius 1 is 1.15 bits per heavy atom. The Kier molecular flexibility index (Phi) is 6.11. The quantitative estimate of drug-likeness (QED) is 0.600. The van der Waals surface area contributed by atoms with Gasteiger partial charge in [-0.15, -0.1) is 0 Å². The van der Waals surface area contributed by atoms with Gasteiger partial charge in [0, 0.05) is 12.6 Å². The van der Waals surface area contributed by atoms with Crippen molar-refractivity contribution >= 4 is 18.0 Å². The van der Waals surface area contributed by atoms with Crippen LogP contribution in [0.3, 0.4) is 0 Å². The molecular formula is C20H24N2O5. The second-order valence-corrected chi connectivity index (χ2v) is 6.70. The van der Waals surface area contributed by atoms with Gasteiger partial charge >= 0.3 is 12.1 Å². The summed E-state index contributed by atoms with van der Waals surface area (Å²) in [6.07, 6.45) is 5.25. The minimum absolute atomic E-state index is 0.0434. The van der Waals surface area contributed by atoms with Crippen LogP contribution in [0.1, 0.15) is 24.8 Å². The van der Waals surface area contributed by atoms with Crippen LogP contribution in [0.5, 0.6) is 0 Å². The molecule has 2 aliphatic heterocycles. The van der Waals surface area contributed by atoms with Gasteiger partial charge in [0.15, 0.2) is 0 Å². The molecule has 2 heterocycles. The molecule has 0 saturated carbocycles. The predicted octanol–water partition coefficient (Wildman–Crippen LogP) is 2.12. The van der Waals surface area contributed by atoms with Gasteiger partial charge in [-0.1, -0.05) is 42.5 Å². The van der Waals surface area contributed by atoms with Crippen LogP contribution in [0.2, 0.25) is 0 Å². The fraction of sp³-hybridized carbons (Fsp3) is 0.450. The van der Waals surface area contributed by atoms with E-state index in [-0.39, 0.29) is 25.1 Å². The Hall–Kier alpha value is -2.83. The first-order chi connectivity index (χ1) is 13.1. The summed E-state index contributed by atoms with van der Waals surface area (Å²) >= 11 is 0. The van der Waals surface area contributed by atoms with Gasteiger partial charge in [-0.2, -0.15) is 0 Å². The molecule has 0 N–H and O–H groups in total. The number of hydrogen-bond acceptors (Lipinski definition) is 5. The minimum Gasteiger partial charge on any atom is -0.467 e. The van der Waals surface area contributed by atoms with E-state index in [9.17, 15) is 14.4 Å². The first-order valence-corrected chi connectivity index (χ1v) is 9.09. The fourth-order valence-electron chi connectivity index (χ4n) is 3.57. The number of benzene rings is 1. The van der Waals surface area contributed by atoms with Crippen molar-refractivity contribution in [1.29, 1.82) is 0 Å². The molecule has 0 bridgehead atoms. The lowest BCUT2D eigenvalue weighted by Gasteiger charge is -2.30. The highest BCUT2D eigenvalue weighted by Gasteiger charge is 2.41. The number of ether oxygens (including phenoxy) is 2. The van der Waals surface area contributed by atoms with Crippen molar-refractivity contribution < 1.29 is 23.9 Å². The molecule has 1 saturated heterocycles. The third-order valence-electron chi connectivity index (χ3n) is 4.95. The predicted molar refractivity (Wildman–Crippen MR) is 97.6 cm³/mol. The highest BCUT2D eigenvalue weighted by Crippen LogP contribution is 2.28. The third-order valence-corrected chi connectivity index (χ3v) is 4.95. The number of amides is 2. The summed E-state index contributed by atoms with van der Waals surface area (Å²) in [7, 11) is 1.32. The number of carbonyl (C=O) groups excluding carboxylic acids is 3. The van der Waals surface area contributed by atoms with Gasteiger partial charge in [0.2, 0.25) is 5.91 Å². The normalized spacial score (nSPS) is 23.7. The van der Waals surface area contributed by atoms with Crippen molar-refractivity contribution in [3.05, 3.63) is 48.0 Å². The van der Waals surface area contributed by atoms with Gasteiger partial charge in [-0.3, -0.25) is 9.69 Å². The molecule has 144 valence electrons. The second kappa shape index (κ2) is 8.70. The monoisotopic (exact) mass is 372 g/mol. The van der Waals surface area contributed by atoms with Gasteiger partial charge in [-0.05, 0) is 24.8 Å². The van der Waals surface area contributed by atoms with E-state index in [1.54, 1.807) is 4.90 Å². The van der Waals surface area contributed by atoms with Crippen LogP contribution >= 0.6 is 0 Å².